The number of benzene rings is 3. The Morgan fingerprint density at radius 2 is 1.69 bits per heavy atom. The van der Waals surface area contributed by atoms with E-state index in [1.807, 2.05) is 0 Å². The number of hydrogen-bond acceptors (Lipinski definition) is 5. The molecule has 4 N–H and O–H groups in total. The molecule has 0 amide bonds. The number of nitrogens with zero attached hydrogens (tertiary/aromatic N) is 1. The second-order valence-corrected chi connectivity index (χ2v) is 7.90. The average molecular weight is 384 g/mol. The Balaban J connectivity index is 1.84. The van der Waals surface area contributed by atoms with Crippen molar-refractivity contribution in [2.75, 3.05) is 0 Å². The van der Waals surface area contributed by atoms with E-state index in [1.54, 1.807) is 0 Å². The highest BCUT2D eigenvalue weighted by Crippen LogP contribution is 2.47. The third-order valence-electron chi connectivity index (χ3n) is 6.28. The number of allylic oxidation sites excluding steroid dienone is 1. The maximum atomic E-state index is 10.1. The molecule has 146 valence electrons. The molecular formula is C24H24N4O. The Hall–Kier alpha value is -3.07. The lowest BCUT2D eigenvalue weighted by Crippen LogP contribution is -2.41. The predicted octanol–water partition coefficient (Wildman–Crippen LogP) is 4.02. The van der Waals surface area contributed by atoms with Crippen LogP contribution in [-0.2, 0) is 4.74 Å². The number of nitriles is 1. The van der Waals surface area contributed by atoms with Gasteiger partial charge in [-0.05, 0) is 39.6 Å². The molecule has 0 spiro atoms. The minimum Gasteiger partial charge on any atom is -0.458 e. The molecule has 29 heavy (non-hydrogen) atoms. The van der Waals surface area contributed by atoms with Crippen molar-refractivity contribution in [3.8, 4) is 6.07 Å². The van der Waals surface area contributed by atoms with Gasteiger partial charge in [0, 0.05) is 17.9 Å². The molecule has 0 radical (unpaired) electrons. The van der Waals surface area contributed by atoms with Crippen molar-refractivity contribution in [2.24, 2.45) is 11.7 Å². The van der Waals surface area contributed by atoms with Crippen molar-refractivity contribution in [3.63, 3.8) is 0 Å². The molecule has 2 aliphatic rings. The minimum absolute atomic E-state index is 0.0751. The summed E-state index contributed by atoms with van der Waals surface area (Å²) in [5.74, 6) is 0.155. The summed E-state index contributed by atoms with van der Waals surface area (Å²) in [4.78, 5) is 0. The molecule has 1 fully saturated rings. The van der Waals surface area contributed by atoms with Crippen LogP contribution in [0.5, 0.6) is 0 Å². The fourth-order valence-corrected chi connectivity index (χ4v) is 5.07. The fraction of sp³-hybridized carbons (Fsp3) is 0.292. The number of rotatable bonds is 3. The van der Waals surface area contributed by atoms with Crippen LogP contribution in [-0.4, -0.2) is 12.3 Å². The molecule has 0 bridgehead atoms. The van der Waals surface area contributed by atoms with Crippen LogP contribution in [0.1, 0.15) is 31.2 Å². The zero-order valence-electron chi connectivity index (χ0n) is 16.4. The van der Waals surface area contributed by atoms with E-state index < -0.39 is 0 Å². The summed E-state index contributed by atoms with van der Waals surface area (Å²) >= 11 is 0. The first-order chi connectivity index (χ1) is 14.2. The van der Waals surface area contributed by atoms with E-state index in [0.29, 0.717) is 5.57 Å². The van der Waals surface area contributed by atoms with Gasteiger partial charge in [0.2, 0.25) is 5.88 Å². The van der Waals surface area contributed by atoms with Crippen molar-refractivity contribution in [3.05, 3.63) is 71.6 Å². The molecule has 5 heteroatoms. The van der Waals surface area contributed by atoms with Gasteiger partial charge in [-0.2, -0.15) is 5.26 Å². The summed E-state index contributed by atoms with van der Waals surface area (Å²) in [6.45, 7) is 2.18. The lowest BCUT2D eigenvalue weighted by Gasteiger charge is -2.37. The van der Waals surface area contributed by atoms with Crippen molar-refractivity contribution >= 4 is 21.5 Å². The molecule has 4 unspecified atom stereocenters. The summed E-state index contributed by atoms with van der Waals surface area (Å²) in [5.41, 5.74) is 14.6. The van der Waals surface area contributed by atoms with Crippen LogP contribution in [0.15, 0.2) is 66.1 Å². The van der Waals surface area contributed by atoms with E-state index in [2.05, 4.69) is 78.4 Å². The number of nitrogens with two attached hydrogens (primary N) is 1. The smallest absolute Gasteiger partial charge is 0.200 e. The summed E-state index contributed by atoms with van der Waals surface area (Å²) in [5, 5.41) is 14.7. The number of hydrogen-bond donors (Lipinski definition) is 3. The second-order valence-electron chi connectivity index (χ2n) is 7.90. The third kappa shape index (κ3) is 2.76. The van der Waals surface area contributed by atoms with Gasteiger partial charge in [-0.15, -0.1) is 0 Å². The Kier molecular flexibility index (Phi) is 4.39. The Labute approximate surface area is 170 Å². The predicted molar refractivity (Wildman–Crippen MR) is 114 cm³/mol. The first kappa shape index (κ1) is 18.0. The van der Waals surface area contributed by atoms with E-state index in [1.165, 1.54) is 27.1 Å². The second kappa shape index (κ2) is 7.07. The van der Waals surface area contributed by atoms with Crippen LogP contribution in [0, 0.1) is 17.2 Å². The zero-order chi connectivity index (χ0) is 20.0. The molecule has 0 aliphatic carbocycles. The van der Waals surface area contributed by atoms with E-state index in [0.717, 1.165) is 12.8 Å². The Bertz CT molecular complexity index is 1110. The molecular weight excluding hydrogens is 360 g/mol. The van der Waals surface area contributed by atoms with Crippen LogP contribution in [0.2, 0.25) is 0 Å². The highest BCUT2D eigenvalue weighted by molar-refractivity contribution is 6.03. The number of fused-ring (bicyclic) bond motifs is 3. The normalized spacial score (nSPS) is 26.3. The van der Waals surface area contributed by atoms with Crippen molar-refractivity contribution in [1.29, 1.82) is 5.26 Å². The van der Waals surface area contributed by atoms with Gasteiger partial charge in [-0.25, -0.2) is 5.43 Å². The van der Waals surface area contributed by atoms with Gasteiger partial charge >= 0.3 is 0 Å². The van der Waals surface area contributed by atoms with Gasteiger partial charge in [-0.3, -0.25) is 5.43 Å². The lowest BCUT2D eigenvalue weighted by atomic mass is 9.72. The minimum atomic E-state index is -0.258. The number of hydrazine groups is 1. The molecule has 0 aromatic heterocycles. The van der Waals surface area contributed by atoms with Crippen molar-refractivity contribution in [2.45, 2.75) is 38.0 Å². The van der Waals surface area contributed by atoms with Gasteiger partial charge in [0.15, 0.2) is 6.23 Å². The standard InChI is InChI=1S/C24H24N4O/c1-2-7-19-22-21(18(13-25)23(26)29-24(22)28-27-19)20-16-10-5-3-8-14(16)12-15-9-4-6-11-17(15)20/h3-6,8-12,19,21-22,24,27-28H,2,7,26H2,1H3. The third-order valence-corrected chi connectivity index (χ3v) is 6.28. The first-order valence-electron chi connectivity index (χ1n) is 10.2. The molecule has 4 atom stereocenters. The quantitative estimate of drug-likeness (QED) is 0.594. The summed E-state index contributed by atoms with van der Waals surface area (Å²) < 4.78 is 5.93. The first-order valence-corrected chi connectivity index (χ1v) is 10.2. The van der Waals surface area contributed by atoms with Crippen LogP contribution >= 0.6 is 0 Å². The molecule has 2 aliphatic heterocycles. The van der Waals surface area contributed by atoms with E-state index in [-0.39, 0.29) is 30.0 Å². The van der Waals surface area contributed by atoms with Gasteiger partial charge in [-0.1, -0.05) is 61.9 Å². The summed E-state index contributed by atoms with van der Waals surface area (Å²) in [7, 11) is 0. The maximum Gasteiger partial charge on any atom is 0.200 e. The van der Waals surface area contributed by atoms with Crippen LogP contribution in [0.25, 0.3) is 21.5 Å². The Morgan fingerprint density at radius 1 is 1.03 bits per heavy atom. The monoisotopic (exact) mass is 384 g/mol. The largest absolute Gasteiger partial charge is 0.458 e. The van der Waals surface area contributed by atoms with Crippen LogP contribution in [0.4, 0.5) is 0 Å². The van der Waals surface area contributed by atoms with Gasteiger partial charge in [0.1, 0.15) is 6.07 Å². The highest BCUT2D eigenvalue weighted by atomic mass is 16.5. The number of nitrogens with one attached hydrogen (secondary N) is 2. The van der Waals surface area contributed by atoms with Crippen LogP contribution < -0.4 is 16.6 Å². The van der Waals surface area contributed by atoms with Crippen molar-refractivity contribution < 1.29 is 4.74 Å². The molecule has 5 rings (SSSR count). The molecule has 0 saturated carbocycles. The maximum absolute atomic E-state index is 10.1. The Morgan fingerprint density at radius 3 is 2.31 bits per heavy atom. The molecule has 1 saturated heterocycles. The number of ether oxygens (including phenoxy) is 1. The van der Waals surface area contributed by atoms with Gasteiger partial charge in [0.25, 0.3) is 0 Å². The zero-order valence-corrected chi connectivity index (χ0v) is 16.4. The summed E-state index contributed by atoms with van der Waals surface area (Å²) in [6, 6.07) is 21.6. The van der Waals surface area contributed by atoms with Crippen molar-refractivity contribution in [1.82, 2.24) is 10.9 Å². The SMILES string of the molecule is CCCC1NNC2OC(N)=C(C#N)C(c3c4ccccc4cc4ccccc34)C12. The fourth-order valence-electron chi connectivity index (χ4n) is 5.07. The molecule has 3 aromatic carbocycles. The summed E-state index contributed by atoms with van der Waals surface area (Å²) in [6.07, 6.45) is 1.79. The molecule has 2 heterocycles. The van der Waals surface area contributed by atoms with E-state index in [9.17, 15) is 5.26 Å². The topological polar surface area (TPSA) is 83.1 Å². The van der Waals surface area contributed by atoms with Gasteiger partial charge < -0.3 is 10.5 Å². The van der Waals surface area contributed by atoms with E-state index >= 15 is 0 Å². The molecule has 3 aromatic rings. The van der Waals surface area contributed by atoms with Crippen LogP contribution in [0.3, 0.4) is 0 Å². The highest BCUT2D eigenvalue weighted by Gasteiger charge is 2.49. The van der Waals surface area contributed by atoms with Gasteiger partial charge in [0.05, 0.1) is 5.57 Å². The van der Waals surface area contributed by atoms with E-state index in [4.69, 9.17) is 10.5 Å². The lowest BCUT2D eigenvalue weighted by molar-refractivity contribution is 0.0341. The average Bonchev–Trinajstić information content (AvgIpc) is 3.13. The molecule has 5 nitrogen and oxygen atoms in total.